The van der Waals surface area contributed by atoms with Crippen LogP contribution in [0.2, 0.25) is 0 Å². The van der Waals surface area contributed by atoms with E-state index < -0.39 is 23.8 Å². The summed E-state index contributed by atoms with van der Waals surface area (Å²) in [6.07, 6.45) is 3.23. The molecule has 4 aliphatic rings. The van der Waals surface area contributed by atoms with Gasteiger partial charge in [0, 0.05) is 25.7 Å². The minimum absolute atomic E-state index is 0.0114. The second kappa shape index (κ2) is 11.1. The predicted molar refractivity (Wildman–Crippen MR) is 156 cm³/mol. The number of likely N-dealkylation sites (tertiary alicyclic amines) is 3. The lowest BCUT2D eigenvalue weighted by atomic mass is 9.92. The molecule has 0 unspecified atom stereocenters. The van der Waals surface area contributed by atoms with Gasteiger partial charge in [0.25, 0.3) is 0 Å². The first-order valence-corrected chi connectivity index (χ1v) is 15.1. The average molecular weight is 570 g/mol. The van der Waals surface area contributed by atoms with Gasteiger partial charge in [-0.15, -0.1) is 0 Å². The Hall–Kier alpha value is -3.90. The van der Waals surface area contributed by atoms with Crippen molar-refractivity contribution < 1.29 is 19.1 Å². The number of piperazine rings is 1. The Labute approximate surface area is 247 Å². The Morgan fingerprint density at radius 3 is 2.31 bits per heavy atom. The van der Waals surface area contributed by atoms with Gasteiger partial charge in [-0.1, -0.05) is 48.5 Å². The zero-order valence-corrected chi connectivity index (χ0v) is 24.6. The number of alkyl carbamates (subject to hydrolysis) is 1. The molecule has 9 nitrogen and oxygen atoms in total. The SMILES string of the molecule is CC(C)(C)OC(=O)N[C@@H](CN1C[C@@H]2C[C@H]1C(=O)N2C1c2ccccc2CCc2ccccc21)C(=O)N1CCC[C@H]1C#N. The molecule has 3 fully saturated rings. The summed E-state index contributed by atoms with van der Waals surface area (Å²) >= 11 is 0. The number of carbonyl (C=O) groups is 3. The Balaban J connectivity index is 1.25. The summed E-state index contributed by atoms with van der Waals surface area (Å²) < 4.78 is 5.48. The molecule has 6 rings (SSSR count). The van der Waals surface area contributed by atoms with Crippen LogP contribution in [0.5, 0.6) is 0 Å². The molecule has 42 heavy (non-hydrogen) atoms. The molecular weight excluding hydrogens is 530 g/mol. The van der Waals surface area contributed by atoms with Crippen molar-refractivity contribution in [3.05, 3.63) is 70.8 Å². The van der Waals surface area contributed by atoms with E-state index in [9.17, 15) is 19.6 Å². The summed E-state index contributed by atoms with van der Waals surface area (Å²) in [6.45, 7) is 6.58. The van der Waals surface area contributed by atoms with Crippen molar-refractivity contribution in [1.29, 1.82) is 5.26 Å². The number of hydrogen-bond donors (Lipinski definition) is 1. The fourth-order valence-electron chi connectivity index (χ4n) is 7.26. The molecule has 0 radical (unpaired) electrons. The lowest BCUT2D eigenvalue weighted by molar-refractivity contribution is -0.140. The van der Waals surface area contributed by atoms with Gasteiger partial charge in [0.2, 0.25) is 11.8 Å². The lowest BCUT2D eigenvalue weighted by Crippen LogP contribution is -2.59. The van der Waals surface area contributed by atoms with Crippen LogP contribution in [0.3, 0.4) is 0 Å². The third-order valence-corrected chi connectivity index (χ3v) is 9.05. The minimum atomic E-state index is -0.922. The van der Waals surface area contributed by atoms with Gasteiger partial charge in [-0.3, -0.25) is 14.5 Å². The molecule has 3 saturated heterocycles. The molecule has 2 bridgehead atoms. The standard InChI is InChI=1S/C33H39N5O4/c1-33(2,3)42-32(41)35-27(30(39)37-16-8-11-23(37)18-34)20-36-19-24-17-28(36)31(40)38(24)29-25-12-6-4-9-21(25)14-15-22-10-5-7-13-26(22)29/h4-7,9-10,12-13,23-24,27-29H,8,11,14-17,19-20H2,1-3H3,(H,35,41)/t23-,24-,27-,28-/m0/s1. The van der Waals surface area contributed by atoms with Crippen LogP contribution in [-0.4, -0.2) is 82.0 Å². The maximum absolute atomic E-state index is 14.2. The van der Waals surface area contributed by atoms with Crippen LogP contribution in [0.1, 0.15) is 68.3 Å². The van der Waals surface area contributed by atoms with Crippen LogP contribution in [0, 0.1) is 11.3 Å². The molecule has 3 amide bonds. The summed E-state index contributed by atoms with van der Waals surface area (Å²) in [4.78, 5) is 46.3. The van der Waals surface area contributed by atoms with Gasteiger partial charge in [-0.25, -0.2) is 4.79 Å². The number of nitrogens with one attached hydrogen (secondary N) is 1. The molecule has 0 saturated carbocycles. The van der Waals surface area contributed by atoms with Gasteiger partial charge in [-0.2, -0.15) is 5.26 Å². The monoisotopic (exact) mass is 569 g/mol. The van der Waals surface area contributed by atoms with E-state index in [1.165, 1.54) is 22.3 Å². The third kappa shape index (κ3) is 5.24. The third-order valence-electron chi connectivity index (χ3n) is 9.05. The Kier molecular flexibility index (Phi) is 7.44. The van der Waals surface area contributed by atoms with E-state index in [0.717, 1.165) is 19.3 Å². The molecule has 1 N–H and O–H groups in total. The van der Waals surface area contributed by atoms with Gasteiger partial charge in [0.15, 0.2) is 0 Å². The van der Waals surface area contributed by atoms with Gasteiger partial charge in [0.1, 0.15) is 17.7 Å². The molecule has 0 spiro atoms. The molecule has 3 aliphatic heterocycles. The van der Waals surface area contributed by atoms with Crippen molar-refractivity contribution in [2.45, 2.75) is 88.7 Å². The van der Waals surface area contributed by atoms with Gasteiger partial charge in [-0.05, 0) is 75.1 Å². The maximum Gasteiger partial charge on any atom is 0.408 e. The molecular formula is C33H39N5O4. The van der Waals surface area contributed by atoms with E-state index in [1.54, 1.807) is 25.7 Å². The molecule has 1 aliphatic carbocycles. The number of rotatable bonds is 5. The van der Waals surface area contributed by atoms with E-state index in [0.29, 0.717) is 25.9 Å². The topological polar surface area (TPSA) is 106 Å². The summed E-state index contributed by atoms with van der Waals surface area (Å²) in [5.41, 5.74) is 4.19. The van der Waals surface area contributed by atoms with Gasteiger partial charge >= 0.3 is 6.09 Å². The average Bonchev–Trinajstić information content (AvgIpc) is 3.64. The first-order valence-electron chi connectivity index (χ1n) is 15.1. The molecule has 2 aromatic carbocycles. The van der Waals surface area contributed by atoms with Crippen LogP contribution < -0.4 is 5.32 Å². The molecule has 0 aromatic heterocycles. The number of fused-ring (bicyclic) bond motifs is 4. The molecule has 220 valence electrons. The highest BCUT2D eigenvalue weighted by Gasteiger charge is 2.53. The van der Waals surface area contributed by atoms with Crippen LogP contribution in [0.25, 0.3) is 0 Å². The van der Waals surface area contributed by atoms with E-state index in [1.807, 2.05) is 4.90 Å². The van der Waals surface area contributed by atoms with Gasteiger partial charge < -0.3 is 19.9 Å². The van der Waals surface area contributed by atoms with Crippen molar-refractivity contribution in [1.82, 2.24) is 20.0 Å². The van der Waals surface area contributed by atoms with Crippen molar-refractivity contribution in [2.24, 2.45) is 0 Å². The van der Waals surface area contributed by atoms with Crippen molar-refractivity contribution in [2.75, 3.05) is 19.6 Å². The van der Waals surface area contributed by atoms with Crippen LogP contribution >= 0.6 is 0 Å². The largest absolute Gasteiger partial charge is 0.444 e. The second-order valence-electron chi connectivity index (χ2n) is 12.9. The highest BCUT2D eigenvalue weighted by Crippen LogP contribution is 2.44. The zero-order valence-electron chi connectivity index (χ0n) is 24.6. The summed E-state index contributed by atoms with van der Waals surface area (Å²) in [6, 6.07) is 17.1. The molecule has 3 heterocycles. The summed E-state index contributed by atoms with van der Waals surface area (Å²) in [5, 5.41) is 12.4. The number of nitriles is 1. The first-order chi connectivity index (χ1) is 20.1. The zero-order chi connectivity index (χ0) is 29.6. The first kappa shape index (κ1) is 28.2. The summed E-state index contributed by atoms with van der Waals surface area (Å²) in [5.74, 6) is -0.245. The normalized spacial score (nSPS) is 24.5. The highest BCUT2D eigenvalue weighted by molar-refractivity contribution is 5.88. The van der Waals surface area contributed by atoms with Gasteiger partial charge in [0.05, 0.1) is 18.2 Å². The quantitative estimate of drug-likeness (QED) is 0.590. The lowest BCUT2D eigenvalue weighted by Gasteiger charge is -2.41. The van der Waals surface area contributed by atoms with Crippen LogP contribution in [0.15, 0.2) is 48.5 Å². The van der Waals surface area contributed by atoms with Crippen LogP contribution in [-0.2, 0) is 27.2 Å². The number of nitrogens with zero attached hydrogens (tertiary/aromatic N) is 4. The van der Waals surface area contributed by atoms with E-state index in [4.69, 9.17) is 4.74 Å². The number of aryl methyl sites for hydroxylation is 2. The molecule has 4 atom stereocenters. The Morgan fingerprint density at radius 1 is 1.07 bits per heavy atom. The fraction of sp³-hybridized carbons (Fsp3) is 0.515. The smallest absolute Gasteiger partial charge is 0.408 e. The second-order valence-corrected chi connectivity index (χ2v) is 12.9. The Bertz CT molecular complexity index is 1380. The fourth-order valence-corrected chi connectivity index (χ4v) is 7.26. The van der Waals surface area contributed by atoms with E-state index in [2.05, 4.69) is 64.8 Å². The summed E-state index contributed by atoms with van der Waals surface area (Å²) in [7, 11) is 0. The minimum Gasteiger partial charge on any atom is -0.444 e. The van der Waals surface area contributed by atoms with E-state index >= 15 is 0 Å². The Morgan fingerprint density at radius 2 is 1.71 bits per heavy atom. The molecule has 9 heteroatoms. The maximum atomic E-state index is 14.2. The predicted octanol–water partition coefficient (Wildman–Crippen LogP) is 3.57. The highest BCUT2D eigenvalue weighted by atomic mass is 16.6. The van der Waals surface area contributed by atoms with Crippen molar-refractivity contribution in [3.8, 4) is 6.07 Å². The van der Waals surface area contributed by atoms with Crippen LogP contribution in [0.4, 0.5) is 4.79 Å². The van der Waals surface area contributed by atoms with Crippen molar-refractivity contribution >= 4 is 17.9 Å². The number of benzene rings is 2. The number of amides is 3. The van der Waals surface area contributed by atoms with Crippen molar-refractivity contribution in [3.63, 3.8) is 0 Å². The number of carbonyl (C=O) groups excluding carboxylic acids is 3. The number of ether oxygens (including phenoxy) is 1. The molecule has 2 aromatic rings. The number of hydrogen-bond acceptors (Lipinski definition) is 6. The van der Waals surface area contributed by atoms with E-state index in [-0.39, 0.29) is 36.5 Å².